The monoisotopic (exact) mass is 251 g/mol. The Bertz CT molecular complexity index is 436. The first-order valence-electron chi connectivity index (χ1n) is 6.35. The van der Waals surface area contributed by atoms with Crippen molar-refractivity contribution < 1.29 is 0 Å². The highest BCUT2D eigenvalue weighted by molar-refractivity contribution is 5.37. The van der Waals surface area contributed by atoms with Crippen LogP contribution >= 0.6 is 0 Å². The maximum atomic E-state index is 11.8. The molecule has 0 atom stereocenters. The summed E-state index contributed by atoms with van der Waals surface area (Å²) in [6.45, 7) is 5.88. The number of nitrogens with zero attached hydrogens (tertiary/aromatic N) is 4. The predicted octanol–water partition coefficient (Wildman–Crippen LogP) is -0.468. The normalized spacial score (nSPS) is 17.9. The number of rotatable bonds is 4. The van der Waals surface area contributed by atoms with Crippen molar-refractivity contribution in [3.05, 3.63) is 22.6 Å². The molecule has 1 aliphatic rings. The van der Waals surface area contributed by atoms with Crippen molar-refractivity contribution in [3.63, 3.8) is 0 Å². The Morgan fingerprint density at radius 3 is 2.61 bits per heavy atom. The van der Waals surface area contributed by atoms with Crippen molar-refractivity contribution in [2.45, 2.75) is 6.54 Å². The number of piperazine rings is 1. The number of nitrogens with one attached hydrogen (secondary N) is 1. The Kier molecular flexibility index (Phi) is 4.33. The fourth-order valence-electron chi connectivity index (χ4n) is 2.05. The van der Waals surface area contributed by atoms with Crippen LogP contribution in [0.3, 0.4) is 0 Å². The van der Waals surface area contributed by atoms with Gasteiger partial charge in [-0.3, -0.25) is 9.69 Å². The van der Waals surface area contributed by atoms with E-state index in [-0.39, 0.29) is 5.56 Å². The largest absolute Gasteiger partial charge is 0.387 e. The van der Waals surface area contributed by atoms with Crippen LogP contribution in [0.4, 0.5) is 5.69 Å². The van der Waals surface area contributed by atoms with E-state index in [0.29, 0.717) is 6.54 Å². The van der Waals surface area contributed by atoms with Gasteiger partial charge in [0.1, 0.15) is 0 Å². The molecule has 2 heterocycles. The van der Waals surface area contributed by atoms with E-state index < -0.39 is 0 Å². The molecule has 18 heavy (non-hydrogen) atoms. The number of anilines is 1. The molecule has 2 rings (SSSR count). The minimum atomic E-state index is -0.0454. The van der Waals surface area contributed by atoms with Crippen LogP contribution in [-0.4, -0.2) is 66.4 Å². The number of aromatic nitrogens is 2. The van der Waals surface area contributed by atoms with Gasteiger partial charge >= 0.3 is 0 Å². The zero-order valence-corrected chi connectivity index (χ0v) is 11.1. The lowest BCUT2D eigenvalue weighted by molar-refractivity contribution is 0.148. The Morgan fingerprint density at radius 1 is 1.28 bits per heavy atom. The SMILES string of the molecule is CNc1cnn(CCN2CCN(C)CC2)c(=O)c1. The molecule has 0 unspecified atom stereocenters. The molecular weight excluding hydrogens is 230 g/mol. The summed E-state index contributed by atoms with van der Waals surface area (Å²) >= 11 is 0. The summed E-state index contributed by atoms with van der Waals surface area (Å²) in [6, 6.07) is 1.58. The van der Waals surface area contributed by atoms with E-state index in [9.17, 15) is 4.79 Å². The molecule has 0 spiro atoms. The van der Waals surface area contributed by atoms with Crippen LogP contribution in [0.1, 0.15) is 0 Å². The second-order valence-electron chi connectivity index (χ2n) is 4.70. The predicted molar refractivity (Wildman–Crippen MR) is 72.0 cm³/mol. The van der Waals surface area contributed by atoms with Gasteiger partial charge in [-0.25, -0.2) is 4.68 Å². The lowest BCUT2D eigenvalue weighted by Crippen LogP contribution is -2.46. The molecule has 100 valence electrons. The molecule has 1 aromatic rings. The lowest BCUT2D eigenvalue weighted by Gasteiger charge is -2.32. The van der Waals surface area contributed by atoms with Crippen molar-refractivity contribution in [3.8, 4) is 0 Å². The van der Waals surface area contributed by atoms with Crippen molar-refractivity contribution in [1.29, 1.82) is 0 Å². The molecule has 0 bridgehead atoms. The van der Waals surface area contributed by atoms with Crippen LogP contribution in [0.15, 0.2) is 17.1 Å². The van der Waals surface area contributed by atoms with Crippen molar-refractivity contribution in [2.24, 2.45) is 0 Å². The Morgan fingerprint density at radius 2 is 2.00 bits per heavy atom. The molecule has 0 aromatic carbocycles. The van der Waals surface area contributed by atoms with Crippen LogP contribution in [-0.2, 0) is 6.54 Å². The smallest absolute Gasteiger partial charge is 0.268 e. The van der Waals surface area contributed by atoms with Crippen molar-refractivity contribution >= 4 is 5.69 Å². The van der Waals surface area contributed by atoms with Crippen LogP contribution in [0.25, 0.3) is 0 Å². The standard InChI is InChI=1S/C12H21N5O/c1-13-11-9-12(18)17(14-10-11)8-7-16-5-3-15(2)4-6-16/h9-10,13H,3-8H2,1-2H3. The third-order valence-electron chi connectivity index (χ3n) is 3.38. The summed E-state index contributed by atoms with van der Waals surface area (Å²) in [5.74, 6) is 0. The van der Waals surface area contributed by atoms with E-state index in [0.717, 1.165) is 38.4 Å². The second-order valence-corrected chi connectivity index (χ2v) is 4.70. The third kappa shape index (κ3) is 3.30. The van der Waals surface area contributed by atoms with Crippen molar-refractivity contribution in [2.75, 3.05) is 52.1 Å². The van der Waals surface area contributed by atoms with Gasteiger partial charge in [-0.05, 0) is 7.05 Å². The summed E-state index contributed by atoms with van der Waals surface area (Å²) in [5.41, 5.74) is 0.715. The summed E-state index contributed by atoms with van der Waals surface area (Å²) in [7, 11) is 3.92. The van der Waals surface area contributed by atoms with Gasteiger partial charge in [0.25, 0.3) is 5.56 Å². The van der Waals surface area contributed by atoms with E-state index in [1.807, 2.05) is 0 Å². The van der Waals surface area contributed by atoms with Crippen LogP contribution in [0.2, 0.25) is 0 Å². The molecule has 1 saturated heterocycles. The highest BCUT2D eigenvalue weighted by atomic mass is 16.1. The zero-order valence-electron chi connectivity index (χ0n) is 11.1. The average molecular weight is 251 g/mol. The maximum Gasteiger partial charge on any atom is 0.268 e. The molecule has 1 N–H and O–H groups in total. The quantitative estimate of drug-likeness (QED) is 0.784. The Balaban J connectivity index is 1.88. The van der Waals surface area contributed by atoms with Gasteiger partial charge in [0.15, 0.2) is 0 Å². The molecule has 0 amide bonds. The first kappa shape index (κ1) is 13.0. The summed E-state index contributed by atoms with van der Waals surface area (Å²) < 4.78 is 1.53. The maximum absolute atomic E-state index is 11.8. The summed E-state index contributed by atoms with van der Waals surface area (Å²) in [4.78, 5) is 16.5. The molecule has 0 radical (unpaired) electrons. The van der Waals surface area contributed by atoms with E-state index in [4.69, 9.17) is 0 Å². The van der Waals surface area contributed by atoms with Gasteiger partial charge < -0.3 is 10.2 Å². The first-order chi connectivity index (χ1) is 8.69. The van der Waals surface area contributed by atoms with Gasteiger partial charge in [-0.1, -0.05) is 0 Å². The molecule has 6 nitrogen and oxygen atoms in total. The molecule has 1 fully saturated rings. The van der Waals surface area contributed by atoms with Crippen molar-refractivity contribution in [1.82, 2.24) is 19.6 Å². The summed E-state index contributed by atoms with van der Waals surface area (Å²) in [5, 5.41) is 7.07. The zero-order chi connectivity index (χ0) is 13.0. The lowest BCUT2D eigenvalue weighted by atomic mass is 10.3. The minimum Gasteiger partial charge on any atom is -0.387 e. The van der Waals surface area contributed by atoms with E-state index in [2.05, 4.69) is 27.3 Å². The molecule has 0 saturated carbocycles. The third-order valence-corrected chi connectivity index (χ3v) is 3.38. The van der Waals surface area contributed by atoms with Gasteiger partial charge in [-0.15, -0.1) is 0 Å². The Labute approximate surface area is 107 Å². The second kappa shape index (κ2) is 5.97. The average Bonchev–Trinajstić information content (AvgIpc) is 2.39. The van der Waals surface area contributed by atoms with Crippen LogP contribution in [0.5, 0.6) is 0 Å². The number of hydrogen-bond donors (Lipinski definition) is 1. The highest BCUT2D eigenvalue weighted by Crippen LogP contribution is 2.00. The fourth-order valence-corrected chi connectivity index (χ4v) is 2.05. The van der Waals surface area contributed by atoms with Gasteiger partial charge in [0.2, 0.25) is 0 Å². The van der Waals surface area contributed by atoms with E-state index in [1.165, 1.54) is 4.68 Å². The van der Waals surface area contributed by atoms with Crippen LogP contribution < -0.4 is 10.9 Å². The van der Waals surface area contributed by atoms with Gasteiger partial charge in [0, 0.05) is 45.8 Å². The topological polar surface area (TPSA) is 53.4 Å². The molecule has 6 heteroatoms. The minimum absolute atomic E-state index is 0.0454. The van der Waals surface area contributed by atoms with Gasteiger partial charge in [0.05, 0.1) is 18.4 Å². The first-order valence-corrected chi connectivity index (χ1v) is 6.35. The van der Waals surface area contributed by atoms with E-state index >= 15 is 0 Å². The van der Waals surface area contributed by atoms with Gasteiger partial charge in [-0.2, -0.15) is 5.10 Å². The number of likely N-dealkylation sites (N-methyl/N-ethyl adjacent to an activating group) is 1. The molecular formula is C12H21N5O. The Hall–Kier alpha value is -1.40. The molecule has 0 aliphatic carbocycles. The number of hydrogen-bond acceptors (Lipinski definition) is 5. The fraction of sp³-hybridized carbons (Fsp3) is 0.667. The molecule has 1 aromatic heterocycles. The summed E-state index contributed by atoms with van der Waals surface area (Å²) in [6.07, 6.45) is 1.69. The van der Waals surface area contributed by atoms with Crippen LogP contribution in [0, 0.1) is 0 Å². The van der Waals surface area contributed by atoms with E-state index in [1.54, 1.807) is 19.3 Å². The highest BCUT2D eigenvalue weighted by Gasteiger charge is 2.13. The molecule has 1 aliphatic heterocycles.